The Morgan fingerprint density at radius 1 is 1.24 bits per heavy atom. The lowest BCUT2D eigenvalue weighted by atomic mass is 10.1. The van der Waals surface area contributed by atoms with Gasteiger partial charge in [-0.15, -0.1) is 0 Å². The molecule has 0 spiro atoms. The Hall–Kier alpha value is -2.04. The number of esters is 1. The van der Waals surface area contributed by atoms with Gasteiger partial charge < -0.3 is 14.4 Å². The third-order valence-electron chi connectivity index (χ3n) is 3.22. The molecule has 5 nitrogen and oxygen atoms in total. The number of hydrogen-bond acceptors (Lipinski definition) is 4. The molecule has 0 aromatic heterocycles. The van der Waals surface area contributed by atoms with Crippen LogP contribution in [0.15, 0.2) is 18.2 Å². The first-order valence-corrected chi connectivity index (χ1v) is 6.95. The molecule has 1 amide bonds. The van der Waals surface area contributed by atoms with Crippen molar-refractivity contribution >= 4 is 11.9 Å². The quantitative estimate of drug-likeness (QED) is 0.722. The molecule has 1 rings (SSSR count). The summed E-state index contributed by atoms with van der Waals surface area (Å²) in [6, 6.07) is 5.89. The molecule has 0 saturated heterocycles. The van der Waals surface area contributed by atoms with Gasteiger partial charge in [-0.3, -0.25) is 9.59 Å². The van der Waals surface area contributed by atoms with E-state index in [1.807, 2.05) is 32.0 Å². The van der Waals surface area contributed by atoms with Crippen molar-refractivity contribution in [3.63, 3.8) is 0 Å². The molecule has 0 bridgehead atoms. The molecule has 0 atom stereocenters. The van der Waals surface area contributed by atoms with Crippen molar-refractivity contribution < 1.29 is 19.1 Å². The Morgan fingerprint density at radius 2 is 1.95 bits per heavy atom. The maximum atomic E-state index is 11.9. The first kappa shape index (κ1) is 17.0. The zero-order chi connectivity index (χ0) is 15.8. The van der Waals surface area contributed by atoms with Gasteiger partial charge in [0.25, 0.3) is 5.91 Å². The fraction of sp³-hybridized carbons (Fsp3) is 0.500. The van der Waals surface area contributed by atoms with Crippen LogP contribution in [0.4, 0.5) is 0 Å². The van der Waals surface area contributed by atoms with Gasteiger partial charge in [0.1, 0.15) is 5.75 Å². The molecule has 1 aromatic carbocycles. The lowest BCUT2D eigenvalue weighted by Gasteiger charge is -2.17. The number of benzene rings is 1. The summed E-state index contributed by atoms with van der Waals surface area (Å²) >= 11 is 0. The van der Waals surface area contributed by atoms with E-state index in [9.17, 15) is 9.59 Å². The van der Waals surface area contributed by atoms with Gasteiger partial charge in [0.05, 0.1) is 7.11 Å². The van der Waals surface area contributed by atoms with E-state index in [1.165, 1.54) is 7.11 Å². The average Bonchev–Trinajstić information content (AvgIpc) is 2.47. The highest BCUT2D eigenvalue weighted by molar-refractivity contribution is 5.77. The number of methoxy groups -OCH3 is 1. The lowest BCUT2D eigenvalue weighted by molar-refractivity contribution is -0.141. The number of aryl methyl sites for hydroxylation is 2. The van der Waals surface area contributed by atoms with E-state index in [1.54, 1.807) is 11.9 Å². The van der Waals surface area contributed by atoms with Crippen molar-refractivity contribution in [3.8, 4) is 5.75 Å². The fourth-order valence-electron chi connectivity index (χ4n) is 1.80. The van der Waals surface area contributed by atoms with Crippen molar-refractivity contribution in [2.45, 2.75) is 26.7 Å². The summed E-state index contributed by atoms with van der Waals surface area (Å²) in [7, 11) is 3.06. The van der Waals surface area contributed by atoms with E-state index >= 15 is 0 Å². The lowest BCUT2D eigenvalue weighted by Crippen LogP contribution is -2.32. The highest BCUT2D eigenvalue weighted by Crippen LogP contribution is 2.19. The Labute approximate surface area is 125 Å². The molecule has 5 heteroatoms. The zero-order valence-electron chi connectivity index (χ0n) is 13.1. The molecular formula is C16H23NO4. The summed E-state index contributed by atoms with van der Waals surface area (Å²) in [6.07, 6.45) is 0.893. The van der Waals surface area contributed by atoms with Crippen LogP contribution < -0.4 is 4.74 Å². The number of nitrogens with zero attached hydrogens (tertiary/aromatic N) is 1. The molecule has 116 valence electrons. The number of hydrogen-bond donors (Lipinski definition) is 0. The largest absolute Gasteiger partial charge is 0.483 e. The molecule has 21 heavy (non-hydrogen) atoms. The van der Waals surface area contributed by atoms with Gasteiger partial charge in [-0.25, -0.2) is 0 Å². The summed E-state index contributed by atoms with van der Waals surface area (Å²) in [5, 5.41) is 0. The summed E-state index contributed by atoms with van der Waals surface area (Å²) in [5.74, 6) is 0.356. The van der Waals surface area contributed by atoms with Crippen LogP contribution in [0.1, 0.15) is 24.0 Å². The highest BCUT2D eigenvalue weighted by Gasteiger charge is 2.11. The summed E-state index contributed by atoms with van der Waals surface area (Å²) in [5.41, 5.74) is 2.09. The minimum Gasteiger partial charge on any atom is -0.483 e. The number of carbonyl (C=O) groups is 2. The molecular weight excluding hydrogens is 270 g/mol. The minimum atomic E-state index is -0.262. The van der Waals surface area contributed by atoms with Crippen LogP contribution in [0.3, 0.4) is 0 Å². The summed E-state index contributed by atoms with van der Waals surface area (Å²) in [6.45, 7) is 4.43. The van der Waals surface area contributed by atoms with Crippen molar-refractivity contribution in [2.24, 2.45) is 0 Å². The second-order valence-electron chi connectivity index (χ2n) is 5.05. The van der Waals surface area contributed by atoms with Gasteiger partial charge in [-0.2, -0.15) is 0 Å². The van der Waals surface area contributed by atoms with Crippen LogP contribution in [0, 0.1) is 13.8 Å². The normalized spacial score (nSPS) is 10.1. The zero-order valence-corrected chi connectivity index (χ0v) is 13.1. The third-order valence-corrected chi connectivity index (χ3v) is 3.22. The van der Waals surface area contributed by atoms with E-state index in [2.05, 4.69) is 4.74 Å². The summed E-state index contributed by atoms with van der Waals surface area (Å²) < 4.78 is 10.1. The van der Waals surface area contributed by atoms with E-state index in [0.29, 0.717) is 19.4 Å². The number of ether oxygens (including phenoxy) is 2. The van der Waals surface area contributed by atoms with Gasteiger partial charge >= 0.3 is 5.97 Å². The topological polar surface area (TPSA) is 55.8 Å². The first-order valence-electron chi connectivity index (χ1n) is 6.95. The molecule has 0 aliphatic carbocycles. The smallest absolute Gasteiger partial charge is 0.305 e. The van der Waals surface area contributed by atoms with Gasteiger partial charge in [0.2, 0.25) is 0 Å². The molecule has 0 radical (unpaired) electrons. The fourth-order valence-corrected chi connectivity index (χ4v) is 1.80. The second-order valence-corrected chi connectivity index (χ2v) is 5.05. The molecule has 0 fully saturated rings. The van der Waals surface area contributed by atoms with E-state index in [-0.39, 0.29) is 18.5 Å². The van der Waals surface area contributed by atoms with Crippen molar-refractivity contribution in [1.82, 2.24) is 4.90 Å². The molecule has 0 heterocycles. The van der Waals surface area contributed by atoms with Crippen LogP contribution in [0.25, 0.3) is 0 Å². The monoisotopic (exact) mass is 293 g/mol. The van der Waals surface area contributed by atoms with E-state index in [0.717, 1.165) is 16.9 Å². The second kappa shape index (κ2) is 8.29. The Kier molecular flexibility index (Phi) is 6.72. The third kappa shape index (κ3) is 5.85. The van der Waals surface area contributed by atoms with Crippen LogP contribution >= 0.6 is 0 Å². The SMILES string of the molecule is COC(=O)CCCN(C)C(=O)COc1cc(C)ccc1C. The molecule has 0 aliphatic rings. The number of rotatable bonds is 7. The van der Waals surface area contributed by atoms with Gasteiger partial charge in [-0.05, 0) is 37.5 Å². The van der Waals surface area contributed by atoms with Crippen LogP contribution in [0.2, 0.25) is 0 Å². The highest BCUT2D eigenvalue weighted by atomic mass is 16.5. The average molecular weight is 293 g/mol. The predicted octanol–water partition coefficient (Wildman–Crippen LogP) is 2.09. The standard InChI is InChI=1S/C16H23NO4/c1-12-7-8-13(2)14(10-12)21-11-15(18)17(3)9-5-6-16(19)20-4/h7-8,10H,5-6,9,11H2,1-4H3. The Balaban J connectivity index is 2.39. The number of likely N-dealkylation sites (N-methyl/N-ethyl adjacent to an activating group) is 1. The van der Waals surface area contributed by atoms with E-state index < -0.39 is 0 Å². The maximum absolute atomic E-state index is 11.9. The predicted molar refractivity (Wildman–Crippen MR) is 80.3 cm³/mol. The molecule has 0 saturated carbocycles. The van der Waals surface area contributed by atoms with Crippen LogP contribution in [-0.2, 0) is 14.3 Å². The van der Waals surface area contributed by atoms with Crippen molar-refractivity contribution in [1.29, 1.82) is 0 Å². The van der Waals surface area contributed by atoms with Crippen LogP contribution in [0.5, 0.6) is 5.75 Å². The Morgan fingerprint density at radius 3 is 2.62 bits per heavy atom. The van der Waals surface area contributed by atoms with Gasteiger partial charge in [0, 0.05) is 20.0 Å². The van der Waals surface area contributed by atoms with Crippen molar-refractivity contribution in [3.05, 3.63) is 29.3 Å². The maximum Gasteiger partial charge on any atom is 0.305 e. The first-order chi connectivity index (χ1) is 9.93. The Bertz CT molecular complexity index is 499. The van der Waals surface area contributed by atoms with Gasteiger partial charge in [0.15, 0.2) is 6.61 Å². The van der Waals surface area contributed by atoms with Crippen LogP contribution in [-0.4, -0.2) is 44.1 Å². The molecule has 0 aliphatic heterocycles. The van der Waals surface area contributed by atoms with Crippen molar-refractivity contribution in [2.75, 3.05) is 27.3 Å². The summed E-state index contributed by atoms with van der Waals surface area (Å²) in [4.78, 5) is 24.5. The van der Waals surface area contributed by atoms with E-state index in [4.69, 9.17) is 4.74 Å². The molecule has 0 N–H and O–H groups in total. The van der Waals surface area contributed by atoms with Gasteiger partial charge in [-0.1, -0.05) is 12.1 Å². The molecule has 1 aromatic rings. The molecule has 0 unspecified atom stereocenters. The number of carbonyl (C=O) groups excluding carboxylic acids is 2. The number of amides is 1. The minimum absolute atomic E-state index is 0.000975.